The maximum atomic E-state index is 12.9. The van der Waals surface area contributed by atoms with E-state index < -0.39 is 0 Å². The van der Waals surface area contributed by atoms with Gasteiger partial charge in [-0.1, -0.05) is 48.9 Å². The number of nitrogens with zero attached hydrogens (tertiary/aromatic N) is 2. The molecule has 4 rings (SSSR count). The SMILES string of the molecule is CC[C@@H](NC(=O)c1cc(-c2ccc3c(c2)C(C)=NC3)ccn1)c1cccc(C)c1. The third-order valence-corrected chi connectivity index (χ3v) is 5.47. The quantitative estimate of drug-likeness (QED) is 0.653. The molecule has 1 N–H and O–H groups in total. The lowest BCUT2D eigenvalue weighted by Crippen LogP contribution is -2.28. The van der Waals surface area contributed by atoms with E-state index in [9.17, 15) is 4.79 Å². The Hall–Kier alpha value is -3.27. The third kappa shape index (κ3) is 3.97. The molecule has 0 saturated heterocycles. The van der Waals surface area contributed by atoms with Gasteiger partial charge < -0.3 is 5.32 Å². The van der Waals surface area contributed by atoms with Crippen molar-refractivity contribution < 1.29 is 4.79 Å². The first-order valence-corrected chi connectivity index (χ1v) is 10.0. The van der Waals surface area contributed by atoms with Gasteiger partial charge in [-0.15, -0.1) is 0 Å². The molecule has 1 aliphatic rings. The molecule has 3 aromatic rings. The minimum absolute atomic E-state index is 0.0355. The predicted molar refractivity (Wildman–Crippen MR) is 117 cm³/mol. The summed E-state index contributed by atoms with van der Waals surface area (Å²) in [5.74, 6) is -0.154. The Morgan fingerprint density at radius 1 is 1.07 bits per heavy atom. The normalized spacial score (nSPS) is 13.6. The van der Waals surface area contributed by atoms with Crippen LogP contribution in [0, 0.1) is 6.92 Å². The van der Waals surface area contributed by atoms with Gasteiger partial charge in [-0.25, -0.2) is 0 Å². The molecular weight excluding hydrogens is 358 g/mol. The molecule has 4 nitrogen and oxygen atoms in total. The molecule has 0 unspecified atom stereocenters. The molecule has 0 saturated carbocycles. The fourth-order valence-corrected chi connectivity index (χ4v) is 3.79. The zero-order valence-electron chi connectivity index (χ0n) is 17.1. The Labute approximate surface area is 171 Å². The molecule has 29 heavy (non-hydrogen) atoms. The van der Waals surface area contributed by atoms with E-state index in [1.807, 2.05) is 25.1 Å². The molecule has 0 radical (unpaired) electrons. The largest absolute Gasteiger partial charge is 0.344 e. The van der Waals surface area contributed by atoms with Gasteiger partial charge in [0.2, 0.25) is 0 Å². The lowest BCUT2D eigenvalue weighted by Gasteiger charge is -2.18. The summed E-state index contributed by atoms with van der Waals surface area (Å²) in [6, 6.07) is 18.4. The maximum absolute atomic E-state index is 12.9. The molecule has 0 fully saturated rings. The predicted octanol–water partition coefficient (Wildman–Crippen LogP) is 5.26. The van der Waals surface area contributed by atoms with E-state index in [1.165, 1.54) is 16.7 Å². The summed E-state index contributed by atoms with van der Waals surface area (Å²) >= 11 is 0. The average molecular weight is 383 g/mol. The molecule has 146 valence electrons. The Bertz CT molecular complexity index is 1100. The molecule has 2 aromatic carbocycles. The van der Waals surface area contributed by atoms with Crippen LogP contribution in [0.3, 0.4) is 0 Å². The number of aliphatic imine (C=N–C) groups is 1. The van der Waals surface area contributed by atoms with E-state index in [0.29, 0.717) is 5.69 Å². The smallest absolute Gasteiger partial charge is 0.270 e. The first-order chi connectivity index (χ1) is 14.0. The maximum Gasteiger partial charge on any atom is 0.270 e. The van der Waals surface area contributed by atoms with Crippen molar-refractivity contribution in [3.05, 3.63) is 88.7 Å². The summed E-state index contributed by atoms with van der Waals surface area (Å²) in [4.78, 5) is 21.7. The standard InChI is InChI=1S/C25H25N3O/c1-4-23(20-7-5-6-16(2)12-20)28-25(29)24-14-19(10-11-26-24)18-8-9-21-15-27-17(3)22(21)13-18/h5-14,23H,4,15H2,1-3H3,(H,28,29)/t23-/m1/s1. The van der Waals surface area contributed by atoms with Gasteiger partial charge in [0.1, 0.15) is 5.69 Å². The van der Waals surface area contributed by atoms with Crippen molar-refractivity contribution in [1.82, 2.24) is 10.3 Å². The molecular formula is C25H25N3O. The number of hydrogen-bond acceptors (Lipinski definition) is 3. The third-order valence-electron chi connectivity index (χ3n) is 5.47. The van der Waals surface area contributed by atoms with E-state index in [0.717, 1.165) is 35.4 Å². The van der Waals surface area contributed by atoms with Crippen molar-refractivity contribution in [1.29, 1.82) is 0 Å². The molecule has 0 bridgehead atoms. The minimum Gasteiger partial charge on any atom is -0.344 e. The number of rotatable bonds is 5. The summed E-state index contributed by atoms with van der Waals surface area (Å²) in [6.45, 7) is 6.93. The van der Waals surface area contributed by atoms with Crippen molar-refractivity contribution in [2.45, 2.75) is 39.8 Å². The fourth-order valence-electron chi connectivity index (χ4n) is 3.79. The Balaban J connectivity index is 1.58. The van der Waals surface area contributed by atoms with E-state index in [2.05, 4.69) is 65.5 Å². The van der Waals surface area contributed by atoms with E-state index in [1.54, 1.807) is 6.20 Å². The second-order valence-corrected chi connectivity index (χ2v) is 7.55. The number of carbonyl (C=O) groups excluding carboxylic acids is 1. The van der Waals surface area contributed by atoms with Crippen molar-refractivity contribution in [3.63, 3.8) is 0 Å². The Morgan fingerprint density at radius 2 is 1.90 bits per heavy atom. The van der Waals surface area contributed by atoms with Crippen LogP contribution >= 0.6 is 0 Å². The summed E-state index contributed by atoms with van der Waals surface area (Å²) in [6.07, 6.45) is 2.52. The number of hydrogen-bond donors (Lipinski definition) is 1. The highest BCUT2D eigenvalue weighted by atomic mass is 16.1. The first kappa shape index (κ1) is 19.1. The first-order valence-electron chi connectivity index (χ1n) is 10.0. The highest BCUT2D eigenvalue weighted by molar-refractivity contribution is 6.03. The van der Waals surface area contributed by atoms with E-state index >= 15 is 0 Å². The van der Waals surface area contributed by atoms with Crippen molar-refractivity contribution >= 4 is 11.6 Å². The number of aryl methyl sites for hydroxylation is 1. The van der Waals surface area contributed by atoms with Gasteiger partial charge in [-0.05, 0) is 60.7 Å². The van der Waals surface area contributed by atoms with Crippen molar-refractivity contribution in [2.24, 2.45) is 4.99 Å². The van der Waals surface area contributed by atoms with Crippen LogP contribution in [-0.2, 0) is 6.54 Å². The monoisotopic (exact) mass is 383 g/mol. The van der Waals surface area contributed by atoms with Crippen LogP contribution in [0.25, 0.3) is 11.1 Å². The zero-order chi connectivity index (χ0) is 20.4. The summed E-state index contributed by atoms with van der Waals surface area (Å²) < 4.78 is 0. The van der Waals surface area contributed by atoms with Crippen LogP contribution in [0.2, 0.25) is 0 Å². The van der Waals surface area contributed by atoms with Gasteiger partial charge >= 0.3 is 0 Å². The highest BCUT2D eigenvalue weighted by Gasteiger charge is 2.17. The summed E-state index contributed by atoms with van der Waals surface area (Å²) in [7, 11) is 0. The second kappa shape index (κ2) is 8.00. The summed E-state index contributed by atoms with van der Waals surface area (Å²) in [5, 5.41) is 3.13. The minimum atomic E-state index is -0.154. The van der Waals surface area contributed by atoms with Gasteiger partial charge in [0, 0.05) is 17.5 Å². The van der Waals surface area contributed by atoms with E-state index in [-0.39, 0.29) is 11.9 Å². The highest BCUT2D eigenvalue weighted by Crippen LogP contribution is 2.27. The van der Waals surface area contributed by atoms with Gasteiger partial charge in [0.15, 0.2) is 0 Å². The molecule has 1 atom stereocenters. The average Bonchev–Trinajstić information content (AvgIpc) is 3.12. The topological polar surface area (TPSA) is 54.4 Å². The van der Waals surface area contributed by atoms with E-state index in [4.69, 9.17) is 0 Å². The molecule has 1 aromatic heterocycles. The zero-order valence-corrected chi connectivity index (χ0v) is 17.1. The number of fused-ring (bicyclic) bond motifs is 1. The Morgan fingerprint density at radius 3 is 2.69 bits per heavy atom. The van der Waals surface area contributed by atoms with Crippen LogP contribution in [-0.4, -0.2) is 16.6 Å². The number of nitrogens with one attached hydrogen (secondary N) is 1. The molecule has 0 spiro atoms. The van der Waals surface area contributed by atoms with Crippen LogP contribution < -0.4 is 5.32 Å². The molecule has 1 amide bonds. The number of pyridine rings is 1. The van der Waals surface area contributed by atoms with Crippen molar-refractivity contribution in [3.8, 4) is 11.1 Å². The molecule has 0 aliphatic carbocycles. The van der Waals surface area contributed by atoms with Gasteiger partial charge in [0.05, 0.1) is 12.6 Å². The lowest BCUT2D eigenvalue weighted by atomic mass is 9.98. The number of aromatic nitrogens is 1. The second-order valence-electron chi connectivity index (χ2n) is 7.55. The van der Waals surface area contributed by atoms with Gasteiger partial charge in [-0.3, -0.25) is 14.8 Å². The number of amides is 1. The Kier molecular flexibility index (Phi) is 5.26. The number of benzene rings is 2. The van der Waals surface area contributed by atoms with Gasteiger partial charge in [0.25, 0.3) is 5.91 Å². The molecule has 2 heterocycles. The fraction of sp³-hybridized carbons (Fsp3) is 0.240. The van der Waals surface area contributed by atoms with Crippen LogP contribution in [0.5, 0.6) is 0 Å². The summed E-state index contributed by atoms with van der Waals surface area (Å²) in [5.41, 5.74) is 8.30. The van der Waals surface area contributed by atoms with Crippen molar-refractivity contribution in [2.75, 3.05) is 0 Å². The number of carbonyl (C=O) groups is 1. The van der Waals surface area contributed by atoms with Crippen LogP contribution in [0.15, 0.2) is 65.8 Å². The van der Waals surface area contributed by atoms with Crippen LogP contribution in [0.4, 0.5) is 0 Å². The van der Waals surface area contributed by atoms with Gasteiger partial charge in [-0.2, -0.15) is 0 Å². The van der Waals surface area contributed by atoms with Crippen LogP contribution in [0.1, 0.15) is 59.1 Å². The molecule has 1 aliphatic heterocycles. The molecule has 4 heteroatoms. The lowest BCUT2D eigenvalue weighted by molar-refractivity contribution is 0.0930.